The minimum absolute atomic E-state index is 0.288. The SMILES string of the molecule is CC(=O)OCC1(CSC(F)(F)F)C(=O)N(C)c2ccc(Cl)cc21. The highest BCUT2D eigenvalue weighted by molar-refractivity contribution is 8.00. The highest BCUT2D eigenvalue weighted by Crippen LogP contribution is 2.46. The molecule has 0 saturated heterocycles. The van der Waals surface area contributed by atoms with Gasteiger partial charge < -0.3 is 9.64 Å². The zero-order valence-electron chi connectivity index (χ0n) is 12.2. The van der Waals surface area contributed by atoms with Crippen LogP contribution in [0.25, 0.3) is 0 Å². The minimum Gasteiger partial charge on any atom is -0.464 e. The van der Waals surface area contributed by atoms with Gasteiger partial charge >= 0.3 is 11.5 Å². The highest BCUT2D eigenvalue weighted by atomic mass is 35.5. The highest BCUT2D eigenvalue weighted by Gasteiger charge is 2.52. The van der Waals surface area contributed by atoms with E-state index in [1.54, 1.807) is 12.1 Å². The van der Waals surface area contributed by atoms with Gasteiger partial charge in [0.1, 0.15) is 12.0 Å². The van der Waals surface area contributed by atoms with Crippen LogP contribution in [0.4, 0.5) is 18.9 Å². The zero-order valence-corrected chi connectivity index (χ0v) is 13.8. The standard InChI is InChI=1S/C14H13ClF3NO3S/c1-8(20)22-6-13(7-23-14(16,17)18)10-5-9(15)3-4-11(10)19(2)12(13)21/h3-5H,6-7H2,1-2H3. The molecule has 0 fully saturated rings. The van der Waals surface area contributed by atoms with Crippen LogP contribution in [-0.2, 0) is 19.7 Å². The first-order valence-corrected chi connectivity index (χ1v) is 7.85. The number of carbonyl (C=O) groups excluding carboxylic acids is 2. The van der Waals surface area contributed by atoms with E-state index in [4.69, 9.17) is 16.3 Å². The van der Waals surface area contributed by atoms with Crippen LogP contribution in [0.15, 0.2) is 18.2 Å². The number of halogens is 4. The number of alkyl halides is 3. The van der Waals surface area contributed by atoms with Crippen molar-refractivity contribution in [3.8, 4) is 0 Å². The molecule has 0 saturated carbocycles. The second-order valence-electron chi connectivity index (χ2n) is 5.12. The maximum Gasteiger partial charge on any atom is 0.441 e. The maximum atomic E-state index is 12.7. The summed E-state index contributed by atoms with van der Waals surface area (Å²) in [5.74, 6) is -1.83. The van der Waals surface area contributed by atoms with Crippen LogP contribution in [0.1, 0.15) is 12.5 Å². The van der Waals surface area contributed by atoms with Gasteiger partial charge in [-0.1, -0.05) is 11.6 Å². The van der Waals surface area contributed by atoms with E-state index < -0.39 is 35.2 Å². The number of thioether (sulfide) groups is 1. The molecule has 0 spiro atoms. The van der Waals surface area contributed by atoms with Gasteiger partial charge in [0.15, 0.2) is 0 Å². The topological polar surface area (TPSA) is 46.6 Å². The number of nitrogens with zero attached hydrogens (tertiary/aromatic N) is 1. The van der Waals surface area contributed by atoms with Crippen molar-refractivity contribution in [3.63, 3.8) is 0 Å². The van der Waals surface area contributed by atoms with E-state index in [1.165, 1.54) is 18.0 Å². The van der Waals surface area contributed by atoms with Crippen molar-refractivity contribution in [1.82, 2.24) is 0 Å². The molecular weight excluding hydrogens is 355 g/mol. The van der Waals surface area contributed by atoms with Crippen molar-refractivity contribution in [3.05, 3.63) is 28.8 Å². The molecule has 1 aliphatic rings. The number of amides is 1. The van der Waals surface area contributed by atoms with E-state index >= 15 is 0 Å². The third-order valence-electron chi connectivity index (χ3n) is 3.55. The second-order valence-corrected chi connectivity index (χ2v) is 6.60. The normalized spacial score (nSPS) is 20.6. The summed E-state index contributed by atoms with van der Waals surface area (Å²) in [7, 11) is 1.46. The second kappa shape index (κ2) is 6.24. The molecule has 1 aromatic carbocycles. The summed E-state index contributed by atoms with van der Waals surface area (Å²) < 4.78 is 42.9. The summed E-state index contributed by atoms with van der Waals surface area (Å²) >= 11 is 5.61. The lowest BCUT2D eigenvalue weighted by Crippen LogP contribution is -2.45. The van der Waals surface area contributed by atoms with E-state index in [-0.39, 0.29) is 16.8 Å². The molecule has 23 heavy (non-hydrogen) atoms. The Bertz CT molecular complexity index is 653. The van der Waals surface area contributed by atoms with Gasteiger partial charge in [-0.2, -0.15) is 13.2 Å². The molecule has 0 bridgehead atoms. The van der Waals surface area contributed by atoms with Crippen molar-refractivity contribution < 1.29 is 27.5 Å². The van der Waals surface area contributed by atoms with Crippen molar-refractivity contribution in [1.29, 1.82) is 0 Å². The van der Waals surface area contributed by atoms with E-state index in [1.807, 2.05) is 0 Å². The summed E-state index contributed by atoms with van der Waals surface area (Å²) in [5, 5.41) is 0.288. The number of hydrogen-bond acceptors (Lipinski definition) is 4. The van der Waals surface area contributed by atoms with Crippen LogP contribution in [0.3, 0.4) is 0 Å². The molecule has 1 amide bonds. The molecule has 2 rings (SSSR count). The third kappa shape index (κ3) is 3.58. The largest absolute Gasteiger partial charge is 0.464 e. The number of ether oxygens (including phenoxy) is 1. The molecule has 1 heterocycles. The van der Waals surface area contributed by atoms with Crippen LogP contribution >= 0.6 is 23.4 Å². The fourth-order valence-corrected chi connectivity index (χ4v) is 3.42. The van der Waals surface area contributed by atoms with E-state index in [0.29, 0.717) is 11.3 Å². The molecule has 1 aromatic rings. The van der Waals surface area contributed by atoms with Gasteiger partial charge in [-0.15, -0.1) is 0 Å². The number of fused-ring (bicyclic) bond motifs is 1. The summed E-state index contributed by atoms with van der Waals surface area (Å²) in [6, 6.07) is 4.55. The predicted molar refractivity (Wildman–Crippen MR) is 81.7 cm³/mol. The van der Waals surface area contributed by atoms with Gasteiger partial charge in [-0.05, 0) is 35.5 Å². The lowest BCUT2D eigenvalue weighted by atomic mass is 9.84. The Hall–Kier alpha value is -1.41. The van der Waals surface area contributed by atoms with Crippen molar-refractivity contribution in [2.75, 3.05) is 24.3 Å². The van der Waals surface area contributed by atoms with Crippen LogP contribution in [-0.4, -0.2) is 36.8 Å². The Morgan fingerprint density at radius 2 is 2.09 bits per heavy atom. The summed E-state index contributed by atoms with van der Waals surface area (Å²) in [4.78, 5) is 25.0. The lowest BCUT2D eigenvalue weighted by molar-refractivity contribution is -0.144. The number of anilines is 1. The maximum absolute atomic E-state index is 12.7. The van der Waals surface area contributed by atoms with E-state index in [2.05, 4.69) is 0 Å². The number of esters is 1. The van der Waals surface area contributed by atoms with Gasteiger partial charge in [0.2, 0.25) is 5.91 Å². The van der Waals surface area contributed by atoms with Gasteiger partial charge in [0.25, 0.3) is 0 Å². The quantitative estimate of drug-likeness (QED) is 0.765. The van der Waals surface area contributed by atoms with Gasteiger partial charge in [0.05, 0.1) is 0 Å². The van der Waals surface area contributed by atoms with Crippen molar-refractivity contribution in [2.24, 2.45) is 0 Å². The van der Waals surface area contributed by atoms with Crippen LogP contribution in [0.5, 0.6) is 0 Å². The molecule has 0 N–H and O–H groups in total. The smallest absolute Gasteiger partial charge is 0.441 e. The molecule has 9 heteroatoms. The minimum atomic E-state index is -4.51. The van der Waals surface area contributed by atoms with Crippen molar-refractivity contribution >= 4 is 40.9 Å². The Labute approximate surface area is 139 Å². The third-order valence-corrected chi connectivity index (χ3v) is 4.75. The monoisotopic (exact) mass is 367 g/mol. The molecule has 1 unspecified atom stereocenters. The first-order chi connectivity index (χ1) is 10.6. The van der Waals surface area contributed by atoms with E-state index in [9.17, 15) is 22.8 Å². The molecule has 1 aliphatic heterocycles. The Morgan fingerprint density at radius 3 is 2.65 bits per heavy atom. The fourth-order valence-electron chi connectivity index (χ4n) is 2.48. The molecule has 0 aliphatic carbocycles. The van der Waals surface area contributed by atoms with Gasteiger partial charge in [-0.3, -0.25) is 9.59 Å². The lowest BCUT2D eigenvalue weighted by Gasteiger charge is -2.27. The number of rotatable bonds is 4. The molecule has 126 valence electrons. The first kappa shape index (κ1) is 17.9. The number of benzene rings is 1. The molecular formula is C14H13ClF3NO3S. The van der Waals surface area contributed by atoms with Crippen LogP contribution in [0.2, 0.25) is 5.02 Å². The fraction of sp³-hybridized carbons (Fsp3) is 0.429. The van der Waals surface area contributed by atoms with Gasteiger partial charge in [0, 0.05) is 30.4 Å². The summed E-state index contributed by atoms with van der Waals surface area (Å²) in [5.41, 5.74) is -5.34. The predicted octanol–water partition coefficient (Wildman–Crippen LogP) is 3.37. The summed E-state index contributed by atoms with van der Waals surface area (Å²) in [6.07, 6.45) is 0. The van der Waals surface area contributed by atoms with Crippen molar-refractivity contribution in [2.45, 2.75) is 17.8 Å². The molecule has 0 aromatic heterocycles. The van der Waals surface area contributed by atoms with Gasteiger partial charge in [-0.25, -0.2) is 0 Å². The number of carbonyl (C=O) groups is 2. The average Bonchev–Trinajstić information content (AvgIpc) is 2.64. The number of hydrogen-bond donors (Lipinski definition) is 0. The van der Waals surface area contributed by atoms with E-state index in [0.717, 1.165) is 6.92 Å². The Kier molecular flexibility index (Phi) is 4.86. The summed E-state index contributed by atoms with van der Waals surface area (Å²) in [6.45, 7) is 0.661. The number of likely N-dealkylation sites (N-methyl/N-ethyl adjacent to an activating group) is 1. The Morgan fingerprint density at radius 1 is 1.43 bits per heavy atom. The Balaban J connectivity index is 2.49. The van der Waals surface area contributed by atoms with Crippen LogP contribution < -0.4 is 4.90 Å². The first-order valence-electron chi connectivity index (χ1n) is 6.49. The van der Waals surface area contributed by atoms with Crippen LogP contribution in [0, 0.1) is 0 Å². The zero-order chi connectivity index (χ0) is 17.4. The average molecular weight is 368 g/mol. The molecule has 0 radical (unpaired) electrons. The molecule has 4 nitrogen and oxygen atoms in total. The molecule has 1 atom stereocenters.